The summed E-state index contributed by atoms with van der Waals surface area (Å²) in [5, 5.41) is 20.9. The van der Waals surface area contributed by atoms with Crippen LogP contribution in [0.4, 0.5) is 0 Å². The average Bonchev–Trinajstić information content (AvgIpc) is 3.27. The first kappa shape index (κ1) is 23.0. The molecule has 176 valence electrons. The lowest BCUT2D eigenvalue weighted by atomic mass is 9.94. The smallest absolute Gasteiger partial charge is 0.203 e. The van der Waals surface area contributed by atoms with E-state index in [1.54, 1.807) is 36.4 Å². The third-order valence-corrected chi connectivity index (χ3v) is 5.70. The molecule has 3 N–H and O–H groups in total. The molecule has 8 nitrogen and oxygen atoms in total. The molecule has 8 heteroatoms. The Bertz CT molecular complexity index is 1350. The van der Waals surface area contributed by atoms with Crippen LogP contribution in [0.1, 0.15) is 21.5 Å². The first-order chi connectivity index (χ1) is 16.5. The van der Waals surface area contributed by atoms with E-state index in [4.69, 9.17) is 18.9 Å². The summed E-state index contributed by atoms with van der Waals surface area (Å²) in [4.78, 5) is 17.3. The van der Waals surface area contributed by atoms with E-state index < -0.39 is 0 Å². The fraction of sp³-hybridized carbons (Fsp3) is 0.192. The van der Waals surface area contributed by atoms with Crippen molar-refractivity contribution in [1.29, 1.82) is 0 Å². The van der Waals surface area contributed by atoms with E-state index in [2.05, 4.69) is 4.98 Å². The number of hydrogen-bond donors (Lipinski definition) is 3. The molecule has 0 radical (unpaired) electrons. The van der Waals surface area contributed by atoms with Crippen LogP contribution in [0.3, 0.4) is 0 Å². The van der Waals surface area contributed by atoms with Crippen molar-refractivity contribution in [3.8, 4) is 40.0 Å². The van der Waals surface area contributed by atoms with Gasteiger partial charge in [0.1, 0.15) is 0 Å². The molecule has 0 bridgehead atoms. The molecule has 0 amide bonds. The first-order valence-corrected chi connectivity index (χ1v) is 10.4. The van der Waals surface area contributed by atoms with Crippen LogP contribution in [0.15, 0.2) is 48.5 Å². The fourth-order valence-electron chi connectivity index (χ4n) is 4.10. The number of aliphatic hydroxyl groups is 1. The lowest BCUT2D eigenvalue weighted by Crippen LogP contribution is -2.06. The second-order valence-electron chi connectivity index (χ2n) is 7.50. The number of ether oxygens (including phenoxy) is 4. The second-order valence-corrected chi connectivity index (χ2v) is 7.50. The summed E-state index contributed by atoms with van der Waals surface area (Å²) in [6.45, 7) is -0.252. The van der Waals surface area contributed by atoms with Gasteiger partial charge >= 0.3 is 0 Å². The minimum atomic E-state index is -0.322. The number of aromatic nitrogens is 1. The number of carbonyl (C=O) groups excluding carboxylic acids is 1. The molecule has 0 aliphatic heterocycles. The maximum atomic E-state index is 14.0. The predicted molar refractivity (Wildman–Crippen MR) is 127 cm³/mol. The highest BCUT2D eigenvalue weighted by molar-refractivity contribution is 6.21. The van der Waals surface area contributed by atoms with Gasteiger partial charge in [-0.1, -0.05) is 12.1 Å². The largest absolute Gasteiger partial charge is 0.504 e. The molecule has 3 aromatic carbocycles. The van der Waals surface area contributed by atoms with E-state index >= 15 is 0 Å². The van der Waals surface area contributed by atoms with Crippen LogP contribution < -0.4 is 18.9 Å². The van der Waals surface area contributed by atoms with Crippen molar-refractivity contribution >= 4 is 16.7 Å². The molecule has 0 aliphatic carbocycles. The van der Waals surface area contributed by atoms with Crippen molar-refractivity contribution in [2.24, 2.45) is 0 Å². The highest BCUT2D eigenvalue weighted by Crippen LogP contribution is 2.41. The van der Waals surface area contributed by atoms with Crippen LogP contribution in [-0.2, 0) is 6.61 Å². The van der Waals surface area contributed by atoms with E-state index in [0.29, 0.717) is 61.8 Å². The maximum absolute atomic E-state index is 14.0. The Hall–Kier alpha value is -4.17. The average molecular weight is 463 g/mol. The second kappa shape index (κ2) is 9.36. The number of H-pyrrole nitrogens is 1. The molecule has 0 aliphatic rings. The standard InChI is InChI=1S/C26H25NO7/c1-31-19-9-8-14(10-18(19)29)24-23(22-15(13-28)6-5-7-17(22)27-24)25(30)16-11-20(32-2)26(34-4)21(12-16)33-3/h5-12,27-29H,13H2,1-4H3. The van der Waals surface area contributed by atoms with Crippen molar-refractivity contribution in [3.05, 3.63) is 65.2 Å². The zero-order valence-electron chi connectivity index (χ0n) is 19.3. The van der Waals surface area contributed by atoms with Crippen LogP contribution in [0.2, 0.25) is 0 Å². The zero-order valence-corrected chi connectivity index (χ0v) is 19.3. The molecule has 1 aromatic heterocycles. The molecular formula is C26H25NO7. The number of aromatic amines is 1. The third-order valence-electron chi connectivity index (χ3n) is 5.70. The third kappa shape index (κ3) is 3.78. The molecule has 0 saturated heterocycles. The number of aliphatic hydroxyl groups excluding tert-OH is 1. The highest BCUT2D eigenvalue weighted by atomic mass is 16.5. The topological polar surface area (TPSA) is 110 Å². The minimum Gasteiger partial charge on any atom is -0.504 e. The zero-order chi connectivity index (χ0) is 24.4. The number of nitrogens with one attached hydrogen (secondary N) is 1. The molecule has 4 rings (SSSR count). The van der Waals surface area contributed by atoms with Crippen molar-refractivity contribution in [2.45, 2.75) is 6.61 Å². The fourth-order valence-corrected chi connectivity index (χ4v) is 4.10. The van der Waals surface area contributed by atoms with Gasteiger partial charge in [0.25, 0.3) is 0 Å². The molecule has 0 atom stereocenters. The van der Waals surface area contributed by atoms with Crippen LogP contribution in [0.5, 0.6) is 28.7 Å². The minimum absolute atomic E-state index is 0.0628. The Morgan fingerprint density at radius 2 is 1.56 bits per heavy atom. The van der Waals surface area contributed by atoms with Gasteiger partial charge < -0.3 is 34.1 Å². The molecule has 0 spiro atoms. The van der Waals surface area contributed by atoms with Gasteiger partial charge in [0.05, 0.1) is 46.3 Å². The summed E-state index contributed by atoms with van der Waals surface area (Å²) in [6.07, 6.45) is 0. The van der Waals surface area contributed by atoms with Crippen molar-refractivity contribution in [2.75, 3.05) is 28.4 Å². The van der Waals surface area contributed by atoms with Gasteiger partial charge in [0.2, 0.25) is 5.75 Å². The number of ketones is 1. The number of carbonyl (C=O) groups is 1. The molecule has 0 fully saturated rings. The Kier molecular flexibility index (Phi) is 6.34. The monoisotopic (exact) mass is 463 g/mol. The number of rotatable bonds is 8. The number of benzene rings is 3. The number of aromatic hydroxyl groups is 1. The Balaban J connectivity index is 2.00. The maximum Gasteiger partial charge on any atom is 0.203 e. The number of fused-ring (bicyclic) bond motifs is 1. The summed E-state index contributed by atoms with van der Waals surface area (Å²) < 4.78 is 21.4. The molecule has 34 heavy (non-hydrogen) atoms. The van der Waals surface area contributed by atoms with Crippen LogP contribution in [0.25, 0.3) is 22.2 Å². The van der Waals surface area contributed by atoms with E-state index in [1.165, 1.54) is 34.5 Å². The Morgan fingerprint density at radius 1 is 0.882 bits per heavy atom. The van der Waals surface area contributed by atoms with Gasteiger partial charge in [-0.25, -0.2) is 0 Å². The van der Waals surface area contributed by atoms with Crippen molar-refractivity contribution in [1.82, 2.24) is 4.98 Å². The SMILES string of the molecule is COc1ccc(-c2[nH]c3cccc(CO)c3c2C(=O)c2cc(OC)c(OC)c(OC)c2)cc1O. The summed E-state index contributed by atoms with van der Waals surface area (Å²) in [5.41, 5.74) is 2.99. The molecule has 1 heterocycles. The van der Waals surface area contributed by atoms with Gasteiger partial charge in [-0.05, 0) is 42.0 Å². The van der Waals surface area contributed by atoms with E-state index in [-0.39, 0.29) is 18.1 Å². The Labute approximate surface area is 196 Å². The summed E-state index contributed by atoms with van der Waals surface area (Å²) in [6, 6.07) is 13.4. The summed E-state index contributed by atoms with van der Waals surface area (Å²) in [7, 11) is 5.91. The molecular weight excluding hydrogens is 438 g/mol. The van der Waals surface area contributed by atoms with Crippen LogP contribution in [0, 0.1) is 0 Å². The van der Waals surface area contributed by atoms with E-state index in [9.17, 15) is 15.0 Å². The number of phenols is 1. The van der Waals surface area contributed by atoms with Gasteiger partial charge in [0.15, 0.2) is 28.8 Å². The summed E-state index contributed by atoms with van der Waals surface area (Å²) in [5.74, 6) is 0.987. The number of methoxy groups -OCH3 is 4. The normalized spacial score (nSPS) is 10.9. The molecule has 0 saturated carbocycles. The van der Waals surface area contributed by atoms with E-state index in [1.807, 2.05) is 6.07 Å². The first-order valence-electron chi connectivity index (χ1n) is 10.4. The van der Waals surface area contributed by atoms with Gasteiger partial charge in [-0.3, -0.25) is 4.79 Å². The van der Waals surface area contributed by atoms with Crippen LogP contribution >= 0.6 is 0 Å². The highest BCUT2D eigenvalue weighted by Gasteiger charge is 2.26. The Morgan fingerprint density at radius 3 is 2.12 bits per heavy atom. The van der Waals surface area contributed by atoms with Gasteiger partial charge in [-0.2, -0.15) is 0 Å². The number of hydrogen-bond acceptors (Lipinski definition) is 7. The van der Waals surface area contributed by atoms with Crippen LogP contribution in [-0.4, -0.2) is 49.4 Å². The van der Waals surface area contributed by atoms with Crippen molar-refractivity contribution in [3.63, 3.8) is 0 Å². The predicted octanol–water partition coefficient (Wildman–Crippen LogP) is 4.30. The molecule has 4 aromatic rings. The van der Waals surface area contributed by atoms with Gasteiger partial charge in [-0.15, -0.1) is 0 Å². The summed E-state index contributed by atoms with van der Waals surface area (Å²) >= 11 is 0. The molecule has 0 unspecified atom stereocenters. The van der Waals surface area contributed by atoms with Gasteiger partial charge in [0, 0.05) is 22.0 Å². The number of phenolic OH excluding ortho intramolecular Hbond substituents is 1. The quantitative estimate of drug-likeness (QED) is 0.334. The van der Waals surface area contributed by atoms with Crippen molar-refractivity contribution < 1.29 is 34.0 Å². The van der Waals surface area contributed by atoms with E-state index in [0.717, 1.165) is 0 Å². The lowest BCUT2D eigenvalue weighted by Gasteiger charge is -2.14. The lowest BCUT2D eigenvalue weighted by molar-refractivity contribution is 0.104.